The van der Waals surface area contributed by atoms with Crippen LogP contribution in [0.3, 0.4) is 0 Å². The van der Waals surface area contributed by atoms with Gasteiger partial charge in [-0.25, -0.2) is 9.59 Å². The minimum atomic E-state index is -0.713. The van der Waals surface area contributed by atoms with Crippen molar-refractivity contribution in [1.82, 2.24) is 5.32 Å². The van der Waals surface area contributed by atoms with Crippen molar-refractivity contribution in [2.75, 3.05) is 26.4 Å². The van der Waals surface area contributed by atoms with Gasteiger partial charge in [-0.1, -0.05) is 48.1 Å². The first kappa shape index (κ1) is 24.9. The average Bonchev–Trinajstić information content (AvgIpc) is 2.51. The highest BCUT2D eigenvalue weighted by atomic mass is 16.6. The molecule has 1 amide bonds. The van der Waals surface area contributed by atoms with Gasteiger partial charge < -0.3 is 19.5 Å². The fourth-order valence-corrected chi connectivity index (χ4v) is 2.62. The summed E-state index contributed by atoms with van der Waals surface area (Å²) < 4.78 is 15.2. The van der Waals surface area contributed by atoms with Crippen molar-refractivity contribution in [2.45, 2.75) is 55.4 Å². The van der Waals surface area contributed by atoms with Crippen LogP contribution in [0.15, 0.2) is 12.2 Å². The van der Waals surface area contributed by atoms with Gasteiger partial charge in [0.05, 0.1) is 12.0 Å². The predicted molar refractivity (Wildman–Crippen MR) is 103 cm³/mol. The molecule has 0 bridgehead atoms. The molecular weight excluding hydrogens is 350 g/mol. The molecule has 0 aromatic carbocycles. The minimum Gasteiger partial charge on any atom is -0.462 e. The molecule has 7 nitrogen and oxygen atoms in total. The van der Waals surface area contributed by atoms with Crippen LogP contribution in [0.2, 0.25) is 0 Å². The molecule has 0 saturated carbocycles. The zero-order valence-electron chi connectivity index (χ0n) is 18.0. The van der Waals surface area contributed by atoms with Crippen LogP contribution in [0.5, 0.6) is 0 Å². The van der Waals surface area contributed by atoms with Gasteiger partial charge in [0.15, 0.2) is 0 Å². The number of amides is 1. The molecule has 0 aliphatic rings. The Labute approximate surface area is 162 Å². The third kappa shape index (κ3) is 7.23. The summed E-state index contributed by atoms with van der Waals surface area (Å²) in [5.74, 6) is -0.837. The molecule has 0 aromatic rings. The summed E-state index contributed by atoms with van der Waals surface area (Å²) in [6, 6.07) is 0. The van der Waals surface area contributed by atoms with Crippen LogP contribution in [0.4, 0.5) is 4.79 Å². The number of alkyl carbamates (subject to hydrolysis) is 1. The lowest BCUT2D eigenvalue weighted by molar-refractivity contribution is -0.173. The normalized spacial score (nSPS) is 12.1. The Morgan fingerprint density at radius 3 is 1.74 bits per heavy atom. The second-order valence-corrected chi connectivity index (χ2v) is 8.74. The number of carbonyl (C=O) groups excluding carboxylic acids is 3. The number of hydrogen-bond acceptors (Lipinski definition) is 6. The summed E-state index contributed by atoms with van der Waals surface area (Å²) in [6.07, 6.45) is -0.674. The highest BCUT2D eigenvalue weighted by molar-refractivity contribution is 5.86. The summed E-state index contributed by atoms with van der Waals surface area (Å²) >= 11 is 0. The van der Waals surface area contributed by atoms with E-state index in [0.717, 1.165) is 0 Å². The van der Waals surface area contributed by atoms with E-state index in [0.29, 0.717) is 0 Å². The van der Waals surface area contributed by atoms with E-state index in [4.69, 9.17) is 14.2 Å². The predicted octanol–water partition coefficient (Wildman–Crippen LogP) is 3.47. The van der Waals surface area contributed by atoms with Gasteiger partial charge in [0.2, 0.25) is 0 Å². The molecule has 0 aliphatic heterocycles. The molecule has 7 heteroatoms. The lowest BCUT2D eigenvalue weighted by Crippen LogP contribution is -2.51. The first-order chi connectivity index (χ1) is 12.1. The molecule has 1 N–H and O–H groups in total. The largest absolute Gasteiger partial charge is 0.462 e. The van der Waals surface area contributed by atoms with E-state index < -0.39 is 17.5 Å². The maximum Gasteiger partial charge on any atom is 0.407 e. The Balaban J connectivity index is 4.29. The standard InChI is InChI=1S/C20H35NO6/c1-14(2)15(22)25-11-10-21-17(24)27-13-12-26-16(23)20(9,18(3,4)5)19(6,7)8/h1,10-13H2,2-9H3,(H,21,24). The fourth-order valence-electron chi connectivity index (χ4n) is 2.62. The number of ether oxygens (including phenoxy) is 3. The van der Waals surface area contributed by atoms with E-state index >= 15 is 0 Å². The Morgan fingerprint density at radius 1 is 0.815 bits per heavy atom. The molecule has 0 rings (SSSR count). The maximum absolute atomic E-state index is 12.7. The molecular formula is C20H35NO6. The summed E-state index contributed by atoms with van der Waals surface area (Å²) in [5, 5.41) is 2.44. The minimum absolute atomic E-state index is 0.0191. The van der Waals surface area contributed by atoms with Crippen molar-refractivity contribution < 1.29 is 28.6 Å². The maximum atomic E-state index is 12.7. The molecule has 156 valence electrons. The molecule has 0 aromatic heterocycles. The van der Waals surface area contributed by atoms with Crippen LogP contribution in [-0.2, 0) is 23.8 Å². The van der Waals surface area contributed by atoms with Gasteiger partial charge in [-0.15, -0.1) is 0 Å². The monoisotopic (exact) mass is 385 g/mol. The Kier molecular flexibility index (Phi) is 9.02. The fraction of sp³-hybridized carbons (Fsp3) is 0.750. The van der Waals surface area contributed by atoms with Crippen molar-refractivity contribution in [3.8, 4) is 0 Å². The molecule has 0 aliphatic carbocycles. The van der Waals surface area contributed by atoms with E-state index in [2.05, 4.69) is 11.9 Å². The smallest absolute Gasteiger partial charge is 0.407 e. The zero-order chi connectivity index (χ0) is 21.5. The highest BCUT2D eigenvalue weighted by Gasteiger charge is 2.53. The second kappa shape index (κ2) is 9.76. The van der Waals surface area contributed by atoms with Crippen molar-refractivity contribution in [2.24, 2.45) is 16.2 Å². The number of nitrogens with one attached hydrogen (secondary N) is 1. The SMILES string of the molecule is C=C(C)C(=O)OCCNC(=O)OCCOC(=O)C(C)(C(C)(C)C)C(C)(C)C. The van der Waals surface area contributed by atoms with Gasteiger partial charge >= 0.3 is 18.0 Å². The summed E-state index contributed by atoms with van der Waals surface area (Å²) in [6.45, 7) is 19.0. The van der Waals surface area contributed by atoms with E-state index in [-0.39, 0.29) is 48.7 Å². The van der Waals surface area contributed by atoms with Gasteiger partial charge in [-0.2, -0.15) is 0 Å². The van der Waals surface area contributed by atoms with Crippen molar-refractivity contribution in [3.05, 3.63) is 12.2 Å². The Hall–Kier alpha value is -2.05. The van der Waals surface area contributed by atoms with Gasteiger partial charge in [0.1, 0.15) is 19.8 Å². The van der Waals surface area contributed by atoms with Crippen molar-refractivity contribution in [1.29, 1.82) is 0 Å². The average molecular weight is 386 g/mol. The van der Waals surface area contributed by atoms with Crippen LogP contribution in [0.25, 0.3) is 0 Å². The summed E-state index contributed by atoms with van der Waals surface area (Å²) in [5.41, 5.74) is -1.03. The molecule has 27 heavy (non-hydrogen) atoms. The van der Waals surface area contributed by atoms with Gasteiger partial charge in [-0.05, 0) is 24.7 Å². The molecule has 0 unspecified atom stereocenters. The molecule has 0 heterocycles. The third-order valence-corrected chi connectivity index (χ3v) is 4.91. The lowest BCUT2D eigenvalue weighted by atomic mass is 9.55. The first-order valence-electron chi connectivity index (χ1n) is 9.05. The Morgan fingerprint density at radius 2 is 1.30 bits per heavy atom. The molecule has 0 fully saturated rings. The van der Waals surface area contributed by atoms with Crippen LogP contribution in [0.1, 0.15) is 55.4 Å². The van der Waals surface area contributed by atoms with Crippen LogP contribution in [0, 0.1) is 16.2 Å². The zero-order valence-corrected chi connectivity index (χ0v) is 18.0. The lowest BCUT2D eigenvalue weighted by Gasteiger charge is -2.48. The van der Waals surface area contributed by atoms with Crippen molar-refractivity contribution >= 4 is 18.0 Å². The molecule has 0 saturated heterocycles. The Bertz CT molecular complexity index is 540. The van der Waals surface area contributed by atoms with E-state index in [9.17, 15) is 14.4 Å². The highest BCUT2D eigenvalue weighted by Crippen LogP contribution is 2.52. The molecule has 0 atom stereocenters. The van der Waals surface area contributed by atoms with E-state index in [1.807, 2.05) is 48.5 Å². The van der Waals surface area contributed by atoms with Crippen LogP contribution in [-0.4, -0.2) is 44.4 Å². The summed E-state index contributed by atoms with van der Waals surface area (Å²) in [7, 11) is 0. The molecule has 0 radical (unpaired) electrons. The van der Waals surface area contributed by atoms with E-state index in [1.54, 1.807) is 0 Å². The molecule has 0 spiro atoms. The third-order valence-electron chi connectivity index (χ3n) is 4.91. The second-order valence-electron chi connectivity index (χ2n) is 8.74. The first-order valence-corrected chi connectivity index (χ1v) is 9.05. The van der Waals surface area contributed by atoms with Crippen LogP contribution < -0.4 is 5.32 Å². The quantitative estimate of drug-likeness (QED) is 0.298. The number of esters is 2. The number of carbonyl (C=O) groups is 3. The van der Waals surface area contributed by atoms with Gasteiger partial charge in [0.25, 0.3) is 0 Å². The number of hydrogen-bond donors (Lipinski definition) is 1. The topological polar surface area (TPSA) is 90.9 Å². The van der Waals surface area contributed by atoms with Crippen LogP contribution >= 0.6 is 0 Å². The van der Waals surface area contributed by atoms with Crippen molar-refractivity contribution in [3.63, 3.8) is 0 Å². The number of rotatable bonds is 8. The van der Waals surface area contributed by atoms with Gasteiger partial charge in [0, 0.05) is 5.57 Å². The van der Waals surface area contributed by atoms with Gasteiger partial charge in [-0.3, -0.25) is 4.79 Å². The summed E-state index contributed by atoms with van der Waals surface area (Å²) in [4.78, 5) is 35.4. The van der Waals surface area contributed by atoms with E-state index in [1.165, 1.54) is 6.92 Å².